The fourth-order valence-corrected chi connectivity index (χ4v) is 3.16. The Morgan fingerprint density at radius 3 is 1.24 bits per heavy atom. The molecular weight excluding hydrogens is 248 g/mol. The van der Waals surface area contributed by atoms with E-state index in [2.05, 4.69) is 0 Å². The second kappa shape index (κ2) is 6.48. The van der Waals surface area contributed by atoms with E-state index in [0.717, 1.165) is 0 Å². The molecule has 3 N–H and O–H groups in total. The second-order valence-electron chi connectivity index (χ2n) is 3.40. The Kier molecular flexibility index (Phi) is 5.27. The van der Waals surface area contributed by atoms with Crippen molar-refractivity contribution in [3.63, 3.8) is 0 Å². The van der Waals surface area contributed by atoms with Gasteiger partial charge in [0.2, 0.25) is 0 Å². The average molecular weight is 264 g/mol. The Balaban J connectivity index is 0.000000686. The Labute approximate surface area is 105 Å². The number of rotatable bonds is 2. The van der Waals surface area contributed by atoms with Gasteiger partial charge in [0.15, 0.2) is 0 Å². The lowest BCUT2D eigenvalue weighted by Crippen LogP contribution is -2.59. The van der Waals surface area contributed by atoms with Crippen LogP contribution in [0.2, 0.25) is 0 Å². The van der Waals surface area contributed by atoms with Crippen molar-refractivity contribution in [2.45, 2.75) is 0 Å². The molecule has 0 aliphatic heterocycles. The van der Waals surface area contributed by atoms with Crippen LogP contribution < -0.4 is 10.4 Å². The van der Waals surface area contributed by atoms with Crippen LogP contribution in [-0.4, -0.2) is 33.4 Å². The molecule has 17 heavy (non-hydrogen) atoms. The van der Waals surface area contributed by atoms with Gasteiger partial charge in [-0.2, -0.15) is 0 Å². The summed E-state index contributed by atoms with van der Waals surface area (Å²) in [6, 6.07) is 18.0. The lowest BCUT2D eigenvalue weighted by molar-refractivity contribution is 0.401. The number of hydrogen-bond acceptors (Lipinski definition) is 3. The summed E-state index contributed by atoms with van der Waals surface area (Å²) in [5.41, 5.74) is 0. The quantitative estimate of drug-likeness (QED) is 0.578. The highest BCUT2D eigenvalue weighted by Crippen LogP contribution is 1.97. The van der Waals surface area contributed by atoms with Gasteiger partial charge < -0.3 is 14.4 Å². The molecule has 0 bridgehead atoms. The summed E-state index contributed by atoms with van der Waals surface area (Å²) in [4.78, 5) is 27.4. The first-order valence-electron chi connectivity index (χ1n) is 5.22. The smallest absolute Gasteiger partial charge is 0.401 e. The number of benzene rings is 2. The first-order valence-corrected chi connectivity index (χ1v) is 8.00. The maximum Gasteiger partial charge on any atom is 0.401 e. The SMILES string of the molecule is O[SiH3].O[Si](O)(c1ccccc1)c1ccccc1. The van der Waals surface area contributed by atoms with Gasteiger partial charge >= 0.3 is 8.56 Å². The van der Waals surface area contributed by atoms with Crippen LogP contribution in [0.3, 0.4) is 0 Å². The van der Waals surface area contributed by atoms with E-state index in [1.165, 1.54) is 0 Å². The zero-order chi connectivity index (χ0) is 12.7. The molecule has 0 fully saturated rings. The molecule has 0 aliphatic rings. The van der Waals surface area contributed by atoms with E-state index in [1.807, 2.05) is 36.4 Å². The van der Waals surface area contributed by atoms with E-state index < -0.39 is 8.56 Å². The van der Waals surface area contributed by atoms with Crippen LogP contribution in [0.25, 0.3) is 0 Å². The summed E-state index contributed by atoms with van der Waals surface area (Å²) in [5.74, 6) is 0. The predicted molar refractivity (Wildman–Crippen MR) is 74.5 cm³/mol. The van der Waals surface area contributed by atoms with Gasteiger partial charge in [0.1, 0.15) is 10.5 Å². The zero-order valence-corrected chi connectivity index (χ0v) is 12.6. The van der Waals surface area contributed by atoms with Crippen LogP contribution in [0.4, 0.5) is 0 Å². The molecule has 2 aromatic rings. The lowest BCUT2D eigenvalue weighted by atomic mass is 10.4. The second-order valence-corrected chi connectivity index (χ2v) is 5.90. The first-order chi connectivity index (χ1) is 8.21. The fourth-order valence-electron chi connectivity index (χ4n) is 1.51. The van der Waals surface area contributed by atoms with Crippen LogP contribution in [0.15, 0.2) is 60.7 Å². The molecule has 0 aliphatic carbocycles. The molecule has 2 aromatic carbocycles. The van der Waals surface area contributed by atoms with E-state index in [-0.39, 0.29) is 0 Å². The summed E-state index contributed by atoms with van der Waals surface area (Å²) in [7, 11) is -3.15. The Morgan fingerprint density at radius 1 is 0.647 bits per heavy atom. The summed E-state index contributed by atoms with van der Waals surface area (Å²) < 4.78 is 0. The standard InChI is InChI=1S/C12H12O2Si.H4OSi/c13-15(14,11-7-3-1-4-8-11)12-9-5-2-6-10-12;1-2/h1-10,13-14H;1H,2H3. The Morgan fingerprint density at radius 2 is 0.941 bits per heavy atom. The minimum absolute atomic E-state index is 0.306. The minimum atomic E-state index is -3.46. The van der Waals surface area contributed by atoms with E-state index in [4.69, 9.17) is 4.80 Å². The summed E-state index contributed by atoms with van der Waals surface area (Å²) in [6.07, 6.45) is 0. The molecule has 0 saturated heterocycles. The van der Waals surface area contributed by atoms with Crippen LogP contribution in [-0.2, 0) is 0 Å². The molecule has 0 radical (unpaired) electrons. The molecule has 0 unspecified atom stereocenters. The van der Waals surface area contributed by atoms with Gasteiger partial charge in [-0.25, -0.2) is 0 Å². The molecular formula is C12H16O3Si2. The molecule has 0 aromatic heterocycles. The van der Waals surface area contributed by atoms with Crippen molar-refractivity contribution in [3.05, 3.63) is 60.7 Å². The van der Waals surface area contributed by atoms with Crippen molar-refractivity contribution >= 4 is 29.4 Å². The first kappa shape index (κ1) is 13.8. The van der Waals surface area contributed by atoms with Crippen molar-refractivity contribution in [3.8, 4) is 0 Å². The Bertz CT molecular complexity index is 391. The van der Waals surface area contributed by atoms with Crippen molar-refractivity contribution in [1.82, 2.24) is 0 Å². The van der Waals surface area contributed by atoms with Crippen molar-refractivity contribution in [2.24, 2.45) is 0 Å². The normalized spacial score (nSPS) is 10.5. The summed E-state index contributed by atoms with van der Waals surface area (Å²) >= 11 is 0. The maximum absolute atomic E-state index is 10.2. The number of hydrogen-bond donors (Lipinski definition) is 3. The van der Waals surface area contributed by atoms with Gasteiger partial charge in [-0.05, 0) is 10.4 Å². The van der Waals surface area contributed by atoms with Crippen LogP contribution >= 0.6 is 0 Å². The topological polar surface area (TPSA) is 60.7 Å². The minimum Gasteiger partial charge on any atom is -0.442 e. The highest BCUT2D eigenvalue weighted by molar-refractivity contribution is 6.90. The van der Waals surface area contributed by atoms with Gasteiger partial charge in [-0.3, -0.25) is 0 Å². The van der Waals surface area contributed by atoms with Crippen LogP contribution in [0.1, 0.15) is 0 Å². The molecule has 90 valence electrons. The van der Waals surface area contributed by atoms with Gasteiger partial charge in [-0.15, -0.1) is 0 Å². The third kappa shape index (κ3) is 3.35. The largest absolute Gasteiger partial charge is 0.442 e. The third-order valence-electron chi connectivity index (χ3n) is 2.35. The van der Waals surface area contributed by atoms with E-state index in [0.29, 0.717) is 20.9 Å². The van der Waals surface area contributed by atoms with Gasteiger partial charge in [0, 0.05) is 0 Å². The molecule has 2 rings (SSSR count). The van der Waals surface area contributed by atoms with Crippen LogP contribution in [0, 0.1) is 0 Å². The third-order valence-corrected chi connectivity index (χ3v) is 4.63. The molecule has 5 heteroatoms. The van der Waals surface area contributed by atoms with Gasteiger partial charge in [-0.1, -0.05) is 60.7 Å². The monoisotopic (exact) mass is 264 g/mol. The van der Waals surface area contributed by atoms with E-state index in [1.54, 1.807) is 24.3 Å². The van der Waals surface area contributed by atoms with E-state index >= 15 is 0 Å². The lowest BCUT2D eigenvalue weighted by Gasteiger charge is -2.18. The molecule has 0 heterocycles. The Hall–Kier alpha value is -1.25. The van der Waals surface area contributed by atoms with Gasteiger partial charge in [0.05, 0.1) is 0 Å². The molecule has 0 atom stereocenters. The molecule has 0 spiro atoms. The van der Waals surface area contributed by atoms with E-state index in [9.17, 15) is 9.59 Å². The van der Waals surface area contributed by atoms with Crippen molar-refractivity contribution < 1.29 is 14.4 Å². The van der Waals surface area contributed by atoms with Crippen LogP contribution in [0.5, 0.6) is 0 Å². The highest BCUT2D eigenvalue weighted by atomic mass is 28.4. The summed E-state index contributed by atoms with van der Waals surface area (Å²) in [6.45, 7) is 0. The summed E-state index contributed by atoms with van der Waals surface area (Å²) in [5, 5.41) is 1.22. The average Bonchev–Trinajstić information content (AvgIpc) is 2.43. The maximum atomic E-state index is 10.2. The van der Waals surface area contributed by atoms with Gasteiger partial charge in [0.25, 0.3) is 0 Å². The predicted octanol–water partition coefficient (Wildman–Crippen LogP) is -1.51. The molecule has 0 saturated carbocycles. The molecule has 0 amide bonds. The van der Waals surface area contributed by atoms with Crippen molar-refractivity contribution in [1.29, 1.82) is 0 Å². The highest BCUT2D eigenvalue weighted by Gasteiger charge is 2.33. The fraction of sp³-hybridized carbons (Fsp3) is 0. The van der Waals surface area contributed by atoms with Crippen molar-refractivity contribution in [2.75, 3.05) is 0 Å². The zero-order valence-electron chi connectivity index (χ0n) is 9.62. The molecule has 3 nitrogen and oxygen atoms in total.